The van der Waals surface area contributed by atoms with Gasteiger partial charge >= 0.3 is 6.16 Å². The van der Waals surface area contributed by atoms with E-state index >= 15 is 0 Å². The number of ether oxygens (including phenoxy) is 3. The van der Waals surface area contributed by atoms with Crippen molar-refractivity contribution >= 4 is 64.4 Å². The van der Waals surface area contributed by atoms with Crippen molar-refractivity contribution in [3.63, 3.8) is 0 Å². The third-order valence-electron chi connectivity index (χ3n) is 5.57. The Hall–Kier alpha value is -3.28. The lowest BCUT2D eigenvalue weighted by atomic mass is 9.98. The summed E-state index contributed by atoms with van der Waals surface area (Å²) in [5, 5.41) is 5.60. The maximum atomic E-state index is 13.2. The number of hydrogen-bond acceptors (Lipinski definition) is 8. The largest absolute Gasteiger partial charge is 0.514 e. The molecule has 3 aromatic rings. The number of carbonyl (C=O) groups excluding carboxylic acids is 3. The second-order valence-electron chi connectivity index (χ2n) is 8.57. The summed E-state index contributed by atoms with van der Waals surface area (Å²) in [6.45, 7) is 3.12. The lowest BCUT2D eigenvalue weighted by Gasteiger charge is -2.31. The number of hydrazine groups is 1. The summed E-state index contributed by atoms with van der Waals surface area (Å²) in [6.07, 6.45) is 0.245. The van der Waals surface area contributed by atoms with Gasteiger partial charge in [0.25, 0.3) is 11.8 Å². The molecule has 0 aliphatic rings. The summed E-state index contributed by atoms with van der Waals surface area (Å²) in [6, 6.07) is 9.65. The molecule has 1 heterocycles. The van der Waals surface area contributed by atoms with Crippen LogP contribution in [0.1, 0.15) is 41.5 Å². The summed E-state index contributed by atoms with van der Waals surface area (Å²) in [5.74, 6) is -1.57. The van der Waals surface area contributed by atoms with Crippen molar-refractivity contribution in [3.8, 4) is 11.5 Å². The Morgan fingerprint density at radius 2 is 1.49 bits per heavy atom. The van der Waals surface area contributed by atoms with Crippen molar-refractivity contribution in [2.24, 2.45) is 0 Å². The van der Waals surface area contributed by atoms with E-state index in [0.717, 1.165) is 0 Å². The van der Waals surface area contributed by atoms with E-state index in [4.69, 9.17) is 60.6 Å². The first-order valence-corrected chi connectivity index (χ1v) is 13.6. The van der Waals surface area contributed by atoms with E-state index in [1.54, 1.807) is 50.4 Å². The van der Waals surface area contributed by atoms with Gasteiger partial charge in [0.1, 0.15) is 6.04 Å². The molecule has 14 heteroatoms. The van der Waals surface area contributed by atoms with Gasteiger partial charge in [-0.1, -0.05) is 46.4 Å². The van der Waals surface area contributed by atoms with Crippen LogP contribution in [-0.4, -0.2) is 54.8 Å². The molecule has 2 amide bonds. The SMILES string of the molecule is CCOC(=O)Oc1c(OC)ccnc1C(=O)N[C@@H](C)C(=O)NN(C)C(c1cc(Cl)cc(Cl)c1)c1cc(Cl)cc(Cl)c1. The summed E-state index contributed by atoms with van der Waals surface area (Å²) in [5.41, 5.74) is 3.75. The van der Waals surface area contributed by atoms with Crippen molar-refractivity contribution in [2.75, 3.05) is 20.8 Å². The number of pyridine rings is 1. The zero-order valence-electron chi connectivity index (χ0n) is 22.3. The van der Waals surface area contributed by atoms with Crippen LogP contribution in [0.4, 0.5) is 4.79 Å². The molecule has 2 N–H and O–H groups in total. The van der Waals surface area contributed by atoms with Crippen molar-refractivity contribution in [3.05, 3.63) is 85.6 Å². The Morgan fingerprint density at radius 3 is 1.98 bits per heavy atom. The van der Waals surface area contributed by atoms with Gasteiger partial charge in [-0.3, -0.25) is 15.0 Å². The molecule has 41 heavy (non-hydrogen) atoms. The molecule has 0 aliphatic carbocycles. The molecule has 218 valence electrons. The predicted molar refractivity (Wildman–Crippen MR) is 156 cm³/mol. The number of carbonyl (C=O) groups is 3. The van der Waals surface area contributed by atoms with E-state index in [2.05, 4.69) is 15.7 Å². The molecule has 1 atom stereocenters. The molecule has 0 spiro atoms. The van der Waals surface area contributed by atoms with Crippen LogP contribution in [0.5, 0.6) is 11.5 Å². The second kappa shape index (κ2) is 14.6. The van der Waals surface area contributed by atoms with E-state index in [0.29, 0.717) is 31.2 Å². The maximum absolute atomic E-state index is 13.2. The average Bonchev–Trinajstić information content (AvgIpc) is 2.87. The van der Waals surface area contributed by atoms with Crippen LogP contribution in [0.3, 0.4) is 0 Å². The highest BCUT2D eigenvalue weighted by Crippen LogP contribution is 2.34. The molecular formula is C27H26Cl4N4O6. The predicted octanol–water partition coefficient (Wildman–Crippen LogP) is 6.11. The van der Waals surface area contributed by atoms with Crippen LogP contribution in [0.2, 0.25) is 20.1 Å². The average molecular weight is 644 g/mol. The number of nitrogens with one attached hydrogen (secondary N) is 2. The molecule has 2 aromatic carbocycles. The fourth-order valence-corrected chi connectivity index (χ4v) is 4.94. The van der Waals surface area contributed by atoms with Crippen LogP contribution in [-0.2, 0) is 9.53 Å². The van der Waals surface area contributed by atoms with Gasteiger partial charge in [0, 0.05) is 39.4 Å². The summed E-state index contributed by atoms with van der Waals surface area (Å²) >= 11 is 25.0. The Balaban J connectivity index is 1.84. The monoisotopic (exact) mass is 642 g/mol. The zero-order valence-corrected chi connectivity index (χ0v) is 25.4. The topological polar surface area (TPSA) is 119 Å². The molecule has 0 saturated carbocycles. The molecule has 0 saturated heterocycles. The maximum Gasteiger partial charge on any atom is 0.514 e. The number of rotatable bonds is 10. The zero-order chi connectivity index (χ0) is 30.3. The fourth-order valence-electron chi connectivity index (χ4n) is 3.85. The van der Waals surface area contributed by atoms with Gasteiger partial charge in [-0.25, -0.2) is 14.8 Å². The highest BCUT2D eigenvalue weighted by atomic mass is 35.5. The minimum atomic E-state index is -1.07. The molecule has 0 unspecified atom stereocenters. The van der Waals surface area contributed by atoms with Gasteiger partial charge in [0.2, 0.25) is 5.75 Å². The molecule has 0 aliphatic heterocycles. The summed E-state index contributed by atoms with van der Waals surface area (Å²) in [7, 11) is 2.95. The first-order valence-electron chi connectivity index (χ1n) is 12.1. The van der Waals surface area contributed by atoms with E-state index in [1.165, 1.54) is 31.3 Å². The molecule has 0 bridgehead atoms. The smallest absolute Gasteiger partial charge is 0.493 e. The van der Waals surface area contributed by atoms with Crippen LogP contribution < -0.4 is 20.2 Å². The quantitative estimate of drug-likeness (QED) is 0.201. The molecule has 3 rings (SSSR count). The summed E-state index contributed by atoms with van der Waals surface area (Å²) in [4.78, 5) is 42.2. The first-order chi connectivity index (χ1) is 19.4. The number of benzene rings is 2. The minimum absolute atomic E-state index is 0.0530. The van der Waals surface area contributed by atoms with Crippen LogP contribution in [0.15, 0.2) is 48.7 Å². The highest BCUT2D eigenvalue weighted by molar-refractivity contribution is 6.35. The Kier molecular flexibility index (Phi) is 11.5. The Morgan fingerprint density at radius 1 is 0.951 bits per heavy atom. The van der Waals surface area contributed by atoms with Crippen LogP contribution in [0.25, 0.3) is 0 Å². The molecule has 10 nitrogen and oxygen atoms in total. The van der Waals surface area contributed by atoms with Crippen molar-refractivity contribution in [2.45, 2.75) is 25.9 Å². The molecule has 0 fully saturated rings. The number of hydrogen-bond donors (Lipinski definition) is 2. The van der Waals surface area contributed by atoms with Crippen molar-refractivity contribution in [1.29, 1.82) is 0 Å². The van der Waals surface area contributed by atoms with E-state index in [9.17, 15) is 14.4 Å². The lowest BCUT2D eigenvalue weighted by molar-refractivity contribution is -0.127. The Labute approximate surface area is 256 Å². The third-order valence-corrected chi connectivity index (χ3v) is 6.44. The van der Waals surface area contributed by atoms with Gasteiger partial charge in [0.05, 0.1) is 19.8 Å². The minimum Gasteiger partial charge on any atom is -0.493 e. The van der Waals surface area contributed by atoms with Gasteiger partial charge in [0.15, 0.2) is 11.4 Å². The van der Waals surface area contributed by atoms with Crippen molar-refractivity contribution in [1.82, 2.24) is 20.7 Å². The highest BCUT2D eigenvalue weighted by Gasteiger charge is 2.28. The van der Waals surface area contributed by atoms with Gasteiger partial charge in [-0.05, 0) is 61.4 Å². The molecule has 1 aromatic heterocycles. The van der Waals surface area contributed by atoms with Gasteiger partial charge in [-0.15, -0.1) is 0 Å². The molecule has 0 radical (unpaired) electrons. The first kappa shape index (κ1) is 32.2. The third kappa shape index (κ3) is 8.61. The number of aromatic nitrogens is 1. The molecular weight excluding hydrogens is 618 g/mol. The fraction of sp³-hybridized carbons (Fsp3) is 0.259. The van der Waals surface area contributed by atoms with E-state index in [1.807, 2.05) is 0 Å². The Bertz CT molecular complexity index is 1350. The van der Waals surface area contributed by atoms with Crippen LogP contribution in [0, 0.1) is 0 Å². The van der Waals surface area contributed by atoms with Gasteiger partial charge in [-0.2, -0.15) is 0 Å². The number of amides is 2. The lowest BCUT2D eigenvalue weighted by Crippen LogP contribution is -2.51. The standard InChI is InChI=1S/C27H26Cl4N4O6/c1-5-40-27(38)41-24-21(39-4)6-7-32-22(24)26(37)33-14(2)25(36)34-35(3)23(15-8-17(28)12-18(29)9-15)16-10-19(30)13-20(31)11-16/h6-14,23H,5H2,1-4H3,(H,33,37)(H,34,36)/t14-/m0/s1. The number of nitrogens with zero attached hydrogens (tertiary/aromatic N) is 2. The second-order valence-corrected chi connectivity index (χ2v) is 10.3. The van der Waals surface area contributed by atoms with Gasteiger partial charge < -0.3 is 19.5 Å². The van der Waals surface area contributed by atoms with E-state index in [-0.39, 0.29) is 23.8 Å². The summed E-state index contributed by atoms with van der Waals surface area (Å²) < 4.78 is 15.1. The van der Waals surface area contributed by atoms with Crippen molar-refractivity contribution < 1.29 is 28.6 Å². The number of halogens is 4. The van der Waals surface area contributed by atoms with E-state index < -0.39 is 30.1 Å². The number of methoxy groups -OCH3 is 1. The van der Waals surface area contributed by atoms with Crippen LogP contribution >= 0.6 is 46.4 Å². The normalized spacial score (nSPS) is 11.7.